The molecule has 0 aromatic heterocycles. The highest BCUT2D eigenvalue weighted by molar-refractivity contribution is 6.04. The highest BCUT2D eigenvalue weighted by Gasteiger charge is 2.36. The molecule has 57 heavy (non-hydrogen) atoms. The molecule has 9 aromatic rings. The van der Waals surface area contributed by atoms with Crippen molar-refractivity contribution < 1.29 is 4.74 Å². The minimum Gasteiger partial charge on any atom is -0.456 e. The van der Waals surface area contributed by atoms with Crippen LogP contribution in [0.15, 0.2) is 200 Å². The lowest BCUT2D eigenvalue weighted by Crippen LogP contribution is -2.16. The maximum atomic E-state index is 7.05. The summed E-state index contributed by atoms with van der Waals surface area (Å²) in [5.74, 6) is 1.69. The van der Waals surface area contributed by atoms with E-state index >= 15 is 0 Å². The van der Waals surface area contributed by atoms with Gasteiger partial charge in [0.15, 0.2) is 0 Å². The molecule has 2 heteroatoms. The molecule has 0 atom stereocenters. The third-order valence-corrected chi connectivity index (χ3v) is 12.1. The van der Waals surface area contributed by atoms with Gasteiger partial charge in [-0.2, -0.15) is 0 Å². The van der Waals surface area contributed by atoms with Gasteiger partial charge in [0.1, 0.15) is 11.5 Å². The first-order chi connectivity index (χ1) is 28.0. The Morgan fingerprint density at radius 1 is 0.351 bits per heavy atom. The van der Waals surface area contributed by atoms with Gasteiger partial charge in [-0.05, 0) is 115 Å². The van der Waals surface area contributed by atoms with Crippen molar-refractivity contribution in [2.75, 3.05) is 4.90 Å². The Hall–Kier alpha value is -7.16. The van der Waals surface area contributed by atoms with Crippen LogP contribution in [-0.2, 0) is 5.41 Å². The van der Waals surface area contributed by atoms with Crippen LogP contribution in [0.5, 0.6) is 11.5 Å². The Kier molecular flexibility index (Phi) is 7.55. The summed E-state index contributed by atoms with van der Waals surface area (Å²) >= 11 is 0. The molecule has 270 valence electrons. The molecule has 11 rings (SSSR count). The summed E-state index contributed by atoms with van der Waals surface area (Å²) in [6.45, 7) is 4.70. The fraction of sp³-hybridized carbons (Fsp3) is 0.0545. The molecule has 0 bridgehead atoms. The topological polar surface area (TPSA) is 12.5 Å². The molecule has 0 fully saturated rings. The van der Waals surface area contributed by atoms with Crippen LogP contribution >= 0.6 is 0 Å². The van der Waals surface area contributed by atoms with E-state index in [1.54, 1.807) is 0 Å². The fourth-order valence-electron chi connectivity index (χ4n) is 9.31. The van der Waals surface area contributed by atoms with Gasteiger partial charge in [-0.1, -0.05) is 159 Å². The Bertz CT molecular complexity index is 3020. The predicted molar refractivity (Wildman–Crippen MR) is 238 cm³/mol. The zero-order chi connectivity index (χ0) is 38.1. The predicted octanol–water partition coefficient (Wildman–Crippen LogP) is 15.4. The lowest BCUT2D eigenvalue weighted by molar-refractivity contribution is 0.488. The average molecular weight is 730 g/mol. The summed E-state index contributed by atoms with van der Waals surface area (Å²) in [6, 6.07) is 72.6. The number of rotatable bonds is 5. The van der Waals surface area contributed by atoms with Gasteiger partial charge >= 0.3 is 0 Å². The molecule has 0 radical (unpaired) electrons. The zero-order valence-electron chi connectivity index (χ0n) is 31.9. The largest absolute Gasteiger partial charge is 0.456 e. The van der Waals surface area contributed by atoms with Crippen LogP contribution < -0.4 is 9.64 Å². The van der Waals surface area contributed by atoms with Crippen LogP contribution in [0.3, 0.4) is 0 Å². The van der Waals surface area contributed by atoms with Gasteiger partial charge in [-0.15, -0.1) is 0 Å². The van der Waals surface area contributed by atoms with Crippen LogP contribution in [0, 0.1) is 0 Å². The lowest BCUT2D eigenvalue weighted by Gasteiger charge is -2.29. The quantitative estimate of drug-likeness (QED) is 0.175. The monoisotopic (exact) mass is 729 g/mol. The number of hydrogen-bond donors (Lipinski definition) is 0. The minimum absolute atomic E-state index is 0.124. The van der Waals surface area contributed by atoms with Crippen LogP contribution in [-0.4, -0.2) is 0 Å². The minimum atomic E-state index is -0.124. The molecule has 0 saturated heterocycles. The molecule has 0 N–H and O–H groups in total. The standard InChI is InChI=1S/C55H39NO/c1-55(2)50-27-14-13-24-44(50)45-30-28-41(35-51(45)55)56(39-20-7-4-8-21-39)40-29-31-52-49(34-40)54-46(43-23-12-11-22-42(43)36-16-5-3-6-17-36)25-15-26-47(54)48-32-37-18-9-10-19-38(37)33-53(48)57-52/h3-35H,1-2H3. The number of nitrogens with zero attached hydrogens (tertiary/aromatic N) is 1. The lowest BCUT2D eigenvalue weighted by atomic mass is 9.82. The second-order valence-corrected chi connectivity index (χ2v) is 15.7. The van der Waals surface area contributed by atoms with E-state index in [1.807, 2.05) is 0 Å². The van der Waals surface area contributed by atoms with Crippen molar-refractivity contribution in [2.24, 2.45) is 0 Å². The number of fused-ring (bicyclic) bond motifs is 9. The third-order valence-electron chi connectivity index (χ3n) is 12.1. The summed E-state index contributed by atoms with van der Waals surface area (Å²) in [5, 5.41) is 2.34. The summed E-state index contributed by atoms with van der Waals surface area (Å²) < 4.78 is 7.05. The second kappa shape index (κ2) is 13.0. The fourth-order valence-corrected chi connectivity index (χ4v) is 9.31. The normalized spacial score (nSPS) is 13.0. The smallest absolute Gasteiger partial charge is 0.135 e. The Balaban J connectivity index is 1.16. The SMILES string of the molecule is CC1(C)c2ccccc2-c2ccc(N(c3ccccc3)c3ccc4c(c3)-c3c(cccc3-c3ccccc3-c3ccccc3)-c3cc5ccccc5cc3O4)cc21. The van der Waals surface area contributed by atoms with E-state index < -0.39 is 0 Å². The van der Waals surface area contributed by atoms with Gasteiger partial charge in [0.05, 0.1) is 0 Å². The summed E-state index contributed by atoms with van der Waals surface area (Å²) in [4.78, 5) is 2.39. The van der Waals surface area contributed by atoms with E-state index in [-0.39, 0.29) is 5.41 Å². The highest BCUT2D eigenvalue weighted by atomic mass is 16.5. The molecule has 0 saturated carbocycles. The van der Waals surface area contributed by atoms with E-state index in [1.165, 1.54) is 49.9 Å². The van der Waals surface area contributed by atoms with Gasteiger partial charge < -0.3 is 9.64 Å². The molecule has 2 nitrogen and oxygen atoms in total. The Morgan fingerprint density at radius 2 is 0.930 bits per heavy atom. The van der Waals surface area contributed by atoms with Gasteiger partial charge in [-0.3, -0.25) is 0 Å². The second-order valence-electron chi connectivity index (χ2n) is 15.7. The molecule has 1 aliphatic carbocycles. The van der Waals surface area contributed by atoms with E-state index in [4.69, 9.17) is 4.74 Å². The van der Waals surface area contributed by atoms with Crippen molar-refractivity contribution in [1.82, 2.24) is 0 Å². The van der Waals surface area contributed by atoms with Gasteiger partial charge in [0.2, 0.25) is 0 Å². The first-order valence-corrected chi connectivity index (χ1v) is 19.8. The molecule has 0 unspecified atom stereocenters. The van der Waals surface area contributed by atoms with E-state index in [0.29, 0.717) is 0 Å². The Labute approximate surface area is 333 Å². The average Bonchev–Trinajstić information content (AvgIpc) is 3.40. The van der Waals surface area contributed by atoms with E-state index in [2.05, 4.69) is 219 Å². The van der Waals surface area contributed by atoms with Crippen LogP contribution in [0.1, 0.15) is 25.0 Å². The van der Waals surface area contributed by atoms with Crippen molar-refractivity contribution in [2.45, 2.75) is 19.3 Å². The van der Waals surface area contributed by atoms with Gasteiger partial charge in [0.25, 0.3) is 0 Å². The maximum absolute atomic E-state index is 7.05. The number of ether oxygens (including phenoxy) is 1. The summed E-state index contributed by atoms with van der Waals surface area (Å²) in [7, 11) is 0. The van der Waals surface area contributed by atoms with E-state index in [9.17, 15) is 0 Å². The molecular formula is C55H39NO. The van der Waals surface area contributed by atoms with Crippen molar-refractivity contribution >= 4 is 27.8 Å². The number of benzene rings is 9. The van der Waals surface area contributed by atoms with Crippen molar-refractivity contribution in [1.29, 1.82) is 0 Å². The molecule has 2 aliphatic rings. The first-order valence-electron chi connectivity index (χ1n) is 19.8. The number of para-hydroxylation sites is 1. The van der Waals surface area contributed by atoms with Crippen molar-refractivity contribution in [3.63, 3.8) is 0 Å². The molecule has 1 aliphatic heterocycles. The molecule has 9 aromatic carbocycles. The summed E-state index contributed by atoms with van der Waals surface area (Å²) in [6.07, 6.45) is 0. The maximum Gasteiger partial charge on any atom is 0.135 e. The molecular weight excluding hydrogens is 691 g/mol. The zero-order valence-corrected chi connectivity index (χ0v) is 31.9. The van der Waals surface area contributed by atoms with Crippen LogP contribution in [0.4, 0.5) is 17.1 Å². The van der Waals surface area contributed by atoms with Crippen LogP contribution in [0.2, 0.25) is 0 Å². The number of anilines is 3. The van der Waals surface area contributed by atoms with Crippen molar-refractivity contribution in [3.8, 4) is 67.1 Å². The van der Waals surface area contributed by atoms with E-state index in [0.717, 1.165) is 56.2 Å². The third kappa shape index (κ3) is 5.33. The Morgan fingerprint density at radius 3 is 1.72 bits per heavy atom. The number of hydrogen-bond acceptors (Lipinski definition) is 2. The van der Waals surface area contributed by atoms with Gasteiger partial charge in [-0.25, -0.2) is 0 Å². The van der Waals surface area contributed by atoms with Crippen molar-refractivity contribution in [3.05, 3.63) is 211 Å². The molecule has 0 spiro atoms. The van der Waals surface area contributed by atoms with Crippen LogP contribution in [0.25, 0.3) is 66.4 Å². The molecule has 1 heterocycles. The summed E-state index contributed by atoms with van der Waals surface area (Å²) in [5.41, 5.74) is 17.7. The first kappa shape index (κ1) is 33.2. The highest BCUT2D eigenvalue weighted by Crippen LogP contribution is 2.55. The molecule has 0 amide bonds. The van der Waals surface area contributed by atoms with Gasteiger partial charge in [0, 0.05) is 39.2 Å².